The first kappa shape index (κ1) is 16.9. The van der Waals surface area contributed by atoms with Gasteiger partial charge in [0.25, 0.3) is 0 Å². The first-order valence-electron chi connectivity index (χ1n) is 10.6. The molecular formula is C27H25Cl. The van der Waals surface area contributed by atoms with Gasteiger partial charge in [-0.3, -0.25) is 0 Å². The third kappa shape index (κ3) is 1.93. The van der Waals surface area contributed by atoms with Crippen molar-refractivity contribution in [1.82, 2.24) is 0 Å². The molecule has 0 saturated heterocycles. The molecule has 3 aliphatic rings. The Kier molecular flexibility index (Phi) is 3.32. The second-order valence-corrected chi connectivity index (χ2v) is 9.85. The summed E-state index contributed by atoms with van der Waals surface area (Å²) in [6.45, 7) is 4.71. The molecule has 0 amide bonds. The Morgan fingerprint density at radius 2 is 1.36 bits per heavy atom. The van der Waals surface area contributed by atoms with E-state index in [1.165, 1.54) is 65.5 Å². The van der Waals surface area contributed by atoms with E-state index in [1.54, 1.807) is 11.1 Å². The van der Waals surface area contributed by atoms with E-state index in [0.717, 1.165) is 5.02 Å². The highest BCUT2D eigenvalue weighted by Crippen LogP contribution is 2.62. The number of rotatable bonds is 0. The second kappa shape index (κ2) is 5.51. The summed E-state index contributed by atoms with van der Waals surface area (Å²) in [5, 5.41) is 0.832. The Morgan fingerprint density at radius 1 is 0.679 bits per heavy atom. The summed E-state index contributed by atoms with van der Waals surface area (Å²) in [5.41, 5.74) is 11.9. The molecule has 0 bridgehead atoms. The lowest BCUT2D eigenvalue weighted by molar-refractivity contribution is 0.353. The Morgan fingerprint density at radius 3 is 2.18 bits per heavy atom. The summed E-state index contributed by atoms with van der Waals surface area (Å²) in [5.74, 6) is 0. The fourth-order valence-electron chi connectivity index (χ4n) is 6.45. The Bertz CT molecular complexity index is 1130. The fourth-order valence-corrected chi connectivity index (χ4v) is 6.62. The summed E-state index contributed by atoms with van der Waals surface area (Å²) in [4.78, 5) is 0. The van der Waals surface area contributed by atoms with Crippen molar-refractivity contribution >= 4 is 11.6 Å². The van der Waals surface area contributed by atoms with Crippen LogP contribution < -0.4 is 0 Å². The van der Waals surface area contributed by atoms with Crippen LogP contribution >= 0.6 is 11.6 Å². The third-order valence-electron chi connectivity index (χ3n) is 7.74. The normalized spacial score (nSPS) is 19.8. The Labute approximate surface area is 172 Å². The van der Waals surface area contributed by atoms with Crippen molar-refractivity contribution in [3.05, 3.63) is 81.9 Å². The van der Waals surface area contributed by atoms with Crippen molar-refractivity contribution in [1.29, 1.82) is 0 Å². The van der Waals surface area contributed by atoms with Gasteiger partial charge >= 0.3 is 0 Å². The second-order valence-electron chi connectivity index (χ2n) is 9.41. The molecule has 3 aromatic rings. The van der Waals surface area contributed by atoms with Gasteiger partial charge < -0.3 is 0 Å². The van der Waals surface area contributed by atoms with Gasteiger partial charge in [-0.15, -0.1) is 0 Å². The Hall–Kier alpha value is -2.05. The van der Waals surface area contributed by atoms with Gasteiger partial charge in [-0.05, 0) is 69.5 Å². The molecule has 140 valence electrons. The predicted octanol–water partition coefficient (Wildman–Crippen LogP) is 7.88. The monoisotopic (exact) mass is 384 g/mol. The van der Waals surface area contributed by atoms with E-state index in [2.05, 4.69) is 62.4 Å². The molecular weight excluding hydrogens is 360 g/mol. The third-order valence-corrected chi connectivity index (χ3v) is 7.97. The van der Waals surface area contributed by atoms with Crippen LogP contribution in [0.5, 0.6) is 0 Å². The minimum atomic E-state index is 0.0154. The van der Waals surface area contributed by atoms with Crippen molar-refractivity contribution in [2.45, 2.75) is 56.8 Å². The van der Waals surface area contributed by atoms with Gasteiger partial charge in [-0.1, -0.05) is 87.2 Å². The highest BCUT2D eigenvalue weighted by molar-refractivity contribution is 6.31. The average molecular weight is 385 g/mol. The minimum absolute atomic E-state index is 0.0154. The summed E-state index contributed by atoms with van der Waals surface area (Å²) in [6, 6.07) is 20.6. The zero-order valence-corrected chi connectivity index (χ0v) is 17.4. The number of hydrogen-bond donors (Lipinski definition) is 0. The lowest BCUT2D eigenvalue weighted by atomic mass is 9.67. The molecule has 0 N–H and O–H groups in total. The lowest BCUT2D eigenvalue weighted by Gasteiger charge is -2.36. The standard InChI is InChI=1S/C27H25Cl/c1-26(2)20-11-10-17(28)16-19(20)25-22(26)12-13-23-24(25)18-8-4-5-9-21(18)27(23)14-6-3-7-15-27/h4-5,8-13,16H,3,6-7,14-15H2,1-2H3. The molecule has 0 aromatic heterocycles. The van der Waals surface area contributed by atoms with Crippen LogP contribution in [0.3, 0.4) is 0 Å². The smallest absolute Gasteiger partial charge is 0.0412 e. The van der Waals surface area contributed by atoms with Gasteiger partial charge in [-0.2, -0.15) is 0 Å². The first-order valence-corrected chi connectivity index (χ1v) is 11.0. The summed E-state index contributed by atoms with van der Waals surface area (Å²) in [6.07, 6.45) is 6.59. The zero-order valence-electron chi connectivity index (χ0n) is 16.6. The molecule has 0 heterocycles. The number of benzene rings is 3. The van der Waals surface area contributed by atoms with Crippen molar-refractivity contribution < 1.29 is 0 Å². The maximum absolute atomic E-state index is 6.48. The quantitative estimate of drug-likeness (QED) is 0.369. The Balaban J connectivity index is 1.75. The van der Waals surface area contributed by atoms with Crippen LogP contribution in [0.15, 0.2) is 54.6 Å². The predicted molar refractivity (Wildman–Crippen MR) is 118 cm³/mol. The van der Waals surface area contributed by atoms with Crippen molar-refractivity contribution in [3.63, 3.8) is 0 Å². The molecule has 1 fully saturated rings. The van der Waals surface area contributed by atoms with Gasteiger partial charge in [-0.25, -0.2) is 0 Å². The maximum Gasteiger partial charge on any atom is 0.0412 e. The maximum atomic E-state index is 6.48. The molecule has 28 heavy (non-hydrogen) atoms. The summed E-state index contributed by atoms with van der Waals surface area (Å²) in [7, 11) is 0. The molecule has 0 aliphatic heterocycles. The number of fused-ring (bicyclic) bond motifs is 9. The van der Waals surface area contributed by atoms with Crippen LogP contribution in [0.1, 0.15) is 68.2 Å². The van der Waals surface area contributed by atoms with Crippen molar-refractivity contribution in [2.75, 3.05) is 0 Å². The van der Waals surface area contributed by atoms with Crippen LogP contribution in [-0.2, 0) is 10.8 Å². The van der Waals surface area contributed by atoms with E-state index in [4.69, 9.17) is 11.6 Å². The minimum Gasteiger partial charge on any atom is -0.0843 e. The van der Waals surface area contributed by atoms with E-state index in [0.29, 0.717) is 0 Å². The average Bonchev–Trinajstić information content (AvgIpc) is 3.10. The topological polar surface area (TPSA) is 0 Å². The SMILES string of the molecule is CC1(C)c2ccc(Cl)cc2-c2c1ccc1c2-c2ccccc2C12CCCCC2. The molecule has 0 unspecified atom stereocenters. The van der Waals surface area contributed by atoms with Crippen LogP contribution in [-0.4, -0.2) is 0 Å². The van der Waals surface area contributed by atoms with Gasteiger partial charge in [0, 0.05) is 15.9 Å². The summed E-state index contributed by atoms with van der Waals surface area (Å²) < 4.78 is 0. The van der Waals surface area contributed by atoms with E-state index < -0.39 is 0 Å². The molecule has 0 nitrogen and oxygen atoms in total. The first-order chi connectivity index (χ1) is 13.5. The molecule has 0 atom stereocenters. The summed E-state index contributed by atoms with van der Waals surface area (Å²) >= 11 is 6.48. The van der Waals surface area contributed by atoms with E-state index in [1.807, 2.05) is 6.07 Å². The largest absolute Gasteiger partial charge is 0.0843 e. The van der Waals surface area contributed by atoms with Gasteiger partial charge in [0.2, 0.25) is 0 Å². The molecule has 3 aliphatic carbocycles. The molecule has 6 rings (SSSR count). The van der Waals surface area contributed by atoms with Gasteiger partial charge in [0.05, 0.1) is 0 Å². The number of halogens is 1. The molecule has 0 radical (unpaired) electrons. The fraction of sp³-hybridized carbons (Fsp3) is 0.333. The van der Waals surface area contributed by atoms with E-state index in [9.17, 15) is 0 Å². The van der Waals surface area contributed by atoms with Crippen LogP contribution in [0, 0.1) is 0 Å². The van der Waals surface area contributed by atoms with E-state index >= 15 is 0 Å². The molecule has 1 spiro atoms. The highest BCUT2D eigenvalue weighted by atomic mass is 35.5. The number of hydrogen-bond acceptors (Lipinski definition) is 0. The van der Waals surface area contributed by atoms with Crippen LogP contribution in [0.4, 0.5) is 0 Å². The zero-order chi connectivity index (χ0) is 19.1. The lowest BCUT2D eigenvalue weighted by Crippen LogP contribution is -2.28. The van der Waals surface area contributed by atoms with Crippen LogP contribution in [0.2, 0.25) is 5.02 Å². The molecule has 1 saturated carbocycles. The van der Waals surface area contributed by atoms with Gasteiger partial charge in [0.15, 0.2) is 0 Å². The molecule has 3 aromatic carbocycles. The molecule has 1 heteroatoms. The highest BCUT2D eigenvalue weighted by Gasteiger charge is 2.47. The van der Waals surface area contributed by atoms with Gasteiger partial charge in [0.1, 0.15) is 0 Å². The van der Waals surface area contributed by atoms with Crippen LogP contribution in [0.25, 0.3) is 22.3 Å². The van der Waals surface area contributed by atoms with Crippen molar-refractivity contribution in [2.24, 2.45) is 0 Å². The van der Waals surface area contributed by atoms with E-state index in [-0.39, 0.29) is 10.8 Å². The van der Waals surface area contributed by atoms with Crippen molar-refractivity contribution in [3.8, 4) is 22.3 Å².